The van der Waals surface area contributed by atoms with Crippen molar-refractivity contribution in [2.45, 2.75) is 6.04 Å². The molecule has 0 aliphatic carbocycles. The Bertz CT molecular complexity index is 1270. The first-order valence-corrected chi connectivity index (χ1v) is 8.56. The summed E-state index contributed by atoms with van der Waals surface area (Å²) in [5, 5.41) is 3.96. The molecule has 0 saturated heterocycles. The zero-order valence-corrected chi connectivity index (χ0v) is 13.9. The summed E-state index contributed by atoms with van der Waals surface area (Å²) < 4.78 is 19.5. The average Bonchev–Trinajstić information content (AvgIpc) is 3.04. The highest BCUT2D eigenvalue weighted by atomic mass is 19.1. The number of hydrogen-bond acceptors (Lipinski definition) is 2. The lowest BCUT2D eigenvalue weighted by Gasteiger charge is -2.15. The molecule has 126 valence electrons. The summed E-state index contributed by atoms with van der Waals surface area (Å²) >= 11 is 0. The van der Waals surface area contributed by atoms with Gasteiger partial charge in [0, 0.05) is 10.8 Å². The summed E-state index contributed by atoms with van der Waals surface area (Å²) in [4.78, 5) is 0. The fourth-order valence-electron chi connectivity index (χ4n) is 3.66. The van der Waals surface area contributed by atoms with Crippen LogP contribution < -0.4 is 5.73 Å². The Morgan fingerprint density at radius 1 is 0.731 bits per heavy atom. The molecule has 1 heterocycles. The van der Waals surface area contributed by atoms with Crippen LogP contribution in [0.4, 0.5) is 4.39 Å². The van der Waals surface area contributed by atoms with Crippen LogP contribution >= 0.6 is 0 Å². The first kappa shape index (κ1) is 15.1. The summed E-state index contributed by atoms with van der Waals surface area (Å²) in [5.74, 6) is -0.274. The highest BCUT2D eigenvalue weighted by Crippen LogP contribution is 2.33. The Labute approximate surface area is 149 Å². The van der Waals surface area contributed by atoms with Crippen molar-refractivity contribution in [3.8, 4) is 0 Å². The van der Waals surface area contributed by atoms with Gasteiger partial charge in [0.25, 0.3) is 0 Å². The molecular weight excluding hydrogens is 325 g/mol. The van der Waals surface area contributed by atoms with Crippen molar-refractivity contribution in [2.24, 2.45) is 5.73 Å². The number of benzene rings is 4. The first-order valence-electron chi connectivity index (χ1n) is 8.56. The third-order valence-electron chi connectivity index (χ3n) is 4.97. The van der Waals surface area contributed by atoms with Crippen molar-refractivity contribution in [1.29, 1.82) is 0 Å². The molecule has 0 radical (unpaired) electrons. The van der Waals surface area contributed by atoms with Gasteiger partial charge in [-0.05, 0) is 52.2 Å². The molecular formula is C23H16FNO. The van der Waals surface area contributed by atoms with E-state index in [2.05, 4.69) is 24.3 Å². The van der Waals surface area contributed by atoms with Crippen molar-refractivity contribution < 1.29 is 8.81 Å². The molecule has 0 saturated carbocycles. The second kappa shape index (κ2) is 5.68. The summed E-state index contributed by atoms with van der Waals surface area (Å²) in [6.45, 7) is 0. The molecule has 1 unspecified atom stereocenters. The average molecular weight is 341 g/mol. The minimum atomic E-state index is -0.274. The van der Waals surface area contributed by atoms with Gasteiger partial charge >= 0.3 is 0 Å². The molecule has 5 aromatic rings. The van der Waals surface area contributed by atoms with Crippen molar-refractivity contribution in [3.05, 3.63) is 95.8 Å². The van der Waals surface area contributed by atoms with E-state index in [1.807, 2.05) is 36.4 Å². The maximum atomic E-state index is 13.7. The predicted molar refractivity (Wildman–Crippen MR) is 104 cm³/mol. The molecule has 3 heteroatoms. The van der Waals surface area contributed by atoms with Crippen LogP contribution in [0.3, 0.4) is 0 Å². The molecule has 4 aromatic carbocycles. The fraction of sp³-hybridized carbons (Fsp3) is 0.0435. The van der Waals surface area contributed by atoms with E-state index in [-0.39, 0.29) is 11.9 Å². The van der Waals surface area contributed by atoms with Crippen LogP contribution in [0, 0.1) is 5.82 Å². The molecule has 0 fully saturated rings. The van der Waals surface area contributed by atoms with Crippen LogP contribution in [0.5, 0.6) is 0 Å². The SMILES string of the molecule is NC(c1ccc2oc3ccc(F)cc3c2c1)c1cccc2ccccc12. The number of fused-ring (bicyclic) bond motifs is 4. The third-order valence-corrected chi connectivity index (χ3v) is 4.97. The highest BCUT2D eigenvalue weighted by molar-refractivity contribution is 6.05. The summed E-state index contributed by atoms with van der Waals surface area (Å²) in [6.07, 6.45) is 0. The number of hydrogen-bond donors (Lipinski definition) is 1. The first-order chi connectivity index (χ1) is 12.7. The monoisotopic (exact) mass is 341 g/mol. The van der Waals surface area contributed by atoms with Crippen LogP contribution in [0.1, 0.15) is 17.2 Å². The van der Waals surface area contributed by atoms with Gasteiger partial charge in [0.1, 0.15) is 17.0 Å². The Balaban J connectivity index is 1.70. The molecule has 0 aliphatic rings. The van der Waals surface area contributed by atoms with Gasteiger partial charge in [-0.3, -0.25) is 0 Å². The lowest BCUT2D eigenvalue weighted by molar-refractivity contribution is 0.626. The topological polar surface area (TPSA) is 39.2 Å². The van der Waals surface area contributed by atoms with Crippen molar-refractivity contribution in [1.82, 2.24) is 0 Å². The molecule has 0 amide bonds. The van der Waals surface area contributed by atoms with E-state index in [1.165, 1.54) is 12.1 Å². The molecule has 26 heavy (non-hydrogen) atoms. The fourth-order valence-corrected chi connectivity index (χ4v) is 3.66. The van der Waals surface area contributed by atoms with Crippen molar-refractivity contribution in [3.63, 3.8) is 0 Å². The van der Waals surface area contributed by atoms with Crippen LogP contribution in [0.2, 0.25) is 0 Å². The van der Waals surface area contributed by atoms with Crippen molar-refractivity contribution in [2.75, 3.05) is 0 Å². The quantitative estimate of drug-likeness (QED) is 0.432. The molecule has 0 bridgehead atoms. The van der Waals surface area contributed by atoms with Gasteiger partial charge in [-0.2, -0.15) is 0 Å². The zero-order valence-electron chi connectivity index (χ0n) is 13.9. The van der Waals surface area contributed by atoms with E-state index in [0.29, 0.717) is 5.58 Å². The summed E-state index contributed by atoms with van der Waals surface area (Å²) in [6, 6.07) is 24.6. The predicted octanol–water partition coefficient (Wildman–Crippen LogP) is 5.93. The normalized spacial score (nSPS) is 12.8. The van der Waals surface area contributed by atoms with Crippen molar-refractivity contribution >= 4 is 32.7 Å². The molecule has 5 rings (SSSR count). The smallest absolute Gasteiger partial charge is 0.135 e. The summed E-state index contributed by atoms with van der Waals surface area (Å²) in [5.41, 5.74) is 10.1. The van der Waals surface area contributed by atoms with Gasteiger partial charge in [0.2, 0.25) is 0 Å². The van der Waals surface area contributed by atoms with E-state index in [4.69, 9.17) is 10.2 Å². The minimum absolute atomic E-state index is 0.274. The third kappa shape index (κ3) is 2.29. The second-order valence-corrected chi connectivity index (χ2v) is 6.54. The van der Waals surface area contributed by atoms with E-state index in [9.17, 15) is 4.39 Å². The lowest BCUT2D eigenvalue weighted by Crippen LogP contribution is -2.12. The minimum Gasteiger partial charge on any atom is -0.456 e. The molecule has 0 aliphatic heterocycles. The van der Waals surface area contributed by atoms with E-state index in [1.54, 1.807) is 6.07 Å². The maximum Gasteiger partial charge on any atom is 0.135 e. The standard InChI is InChI=1S/C23H16FNO/c24-16-9-11-22-20(13-16)19-12-15(8-10-21(19)26-22)23(25)18-7-3-5-14-4-1-2-6-17(14)18/h1-13,23H,25H2. The Kier molecular flexibility index (Phi) is 3.30. The van der Waals surface area contributed by atoms with Gasteiger partial charge in [-0.25, -0.2) is 4.39 Å². The van der Waals surface area contributed by atoms with Gasteiger partial charge in [-0.15, -0.1) is 0 Å². The number of nitrogens with two attached hydrogens (primary N) is 1. The van der Waals surface area contributed by atoms with E-state index in [0.717, 1.165) is 38.3 Å². The van der Waals surface area contributed by atoms with E-state index >= 15 is 0 Å². The van der Waals surface area contributed by atoms with Crippen LogP contribution in [-0.2, 0) is 0 Å². The van der Waals surface area contributed by atoms with Crippen LogP contribution in [0.15, 0.2) is 83.3 Å². The molecule has 0 spiro atoms. The molecule has 1 atom stereocenters. The second-order valence-electron chi connectivity index (χ2n) is 6.54. The van der Waals surface area contributed by atoms with Gasteiger partial charge < -0.3 is 10.2 Å². The number of halogens is 1. The Hall–Kier alpha value is -3.17. The van der Waals surface area contributed by atoms with Gasteiger partial charge in [-0.1, -0.05) is 48.5 Å². The zero-order chi connectivity index (χ0) is 17.7. The van der Waals surface area contributed by atoms with Crippen LogP contribution in [-0.4, -0.2) is 0 Å². The van der Waals surface area contributed by atoms with Gasteiger partial charge in [0.15, 0.2) is 0 Å². The number of furan rings is 1. The van der Waals surface area contributed by atoms with E-state index < -0.39 is 0 Å². The Morgan fingerprint density at radius 2 is 1.46 bits per heavy atom. The van der Waals surface area contributed by atoms with Gasteiger partial charge in [0.05, 0.1) is 6.04 Å². The largest absolute Gasteiger partial charge is 0.456 e. The molecule has 2 N–H and O–H groups in total. The maximum absolute atomic E-state index is 13.7. The molecule has 1 aromatic heterocycles. The summed E-state index contributed by atoms with van der Waals surface area (Å²) in [7, 11) is 0. The number of rotatable bonds is 2. The lowest BCUT2D eigenvalue weighted by atomic mass is 9.93. The molecule has 2 nitrogen and oxygen atoms in total. The Morgan fingerprint density at radius 3 is 2.35 bits per heavy atom. The highest BCUT2D eigenvalue weighted by Gasteiger charge is 2.15. The van der Waals surface area contributed by atoms with Crippen LogP contribution in [0.25, 0.3) is 32.7 Å².